The second-order valence-electron chi connectivity index (χ2n) is 6.99. The Morgan fingerprint density at radius 1 is 1.07 bits per heavy atom. The van der Waals surface area contributed by atoms with Gasteiger partial charge in [0.15, 0.2) is 0 Å². The van der Waals surface area contributed by atoms with E-state index in [2.05, 4.69) is 21.8 Å². The lowest BCUT2D eigenvalue weighted by atomic mass is 9.86. The largest absolute Gasteiger partial charge is 0.385 e. The van der Waals surface area contributed by atoms with Gasteiger partial charge in [-0.15, -0.1) is 0 Å². The number of hydrogen-bond donors (Lipinski definition) is 1. The molecule has 5 nitrogen and oxygen atoms in total. The molecule has 0 aromatic heterocycles. The van der Waals surface area contributed by atoms with Crippen LogP contribution < -0.4 is 4.72 Å². The van der Waals surface area contributed by atoms with Gasteiger partial charge in [0.2, 0.25) is 10.0 Å². The van der Waals surface area contributed by atoms with Crippen LogP contribution in [0.25, 0.3) is 0 Å². The summed E-state index contributed by atoms with van der Waals surface area (Å²) in [6, 6.07) is 18.7. The lowest BCUT2D eigenvalue weighted by Gasteiger charge is -2.39. The van der Waals surface area contributed by atoms with Crippen LogP contribution in [0.2, 0.25) is 0 Å². The molecule has 1 aliphatic rings. The Morgan fingerprint density at radius 3 is 2.41 bits per heavy atom. The molecule has 2 atom stereocenters. The molecule has 2 aromatic carbocycles. The van der Waals surface area contributed by atoms with Gasteiger partial charge in [0.05, 0.1) is 4.90 Å². The third-order valence-electron chi connectivity index (χ3n) is 5.11. The van der Waals surface area contributed by atoms with Gasteiger partial charge in [-0.2, -0.15) is 0 Å². The molecule has 1 heterocycles. The van der Waals surface area contributed by atoms with Gasteiger partial charge < -0.3 is 9.64 Å². The van der Waals surface area contributed by atoms with Gasteiger partial charge in [0.1, 0.15) is 0 Å². The van der Waals surface area contributed by atoms with Crippen molar-refractivity contribution in [1.29, 1.82) is 0 Å². The predicted octanol–water partition coefficient (Wildman–Crippen LogP) is 2.86. The summed E-state index contributed by atoms with van der Waals surface area (Å²) >= 11 is 0. The van der Waals surface area contributed by atoms with Gasteiger partial charge in [-0.25, -0.2) is 13.1 Å². The van der Waals surface area contributed by atoms with Crippen molar-refractivity contribution in [2.45, 2.75) is 29.7 Å². The number of sulfonamides is 1. The van der Waals surface area contributed by atoms with Crippen molar-refractivity contribution < 1.29 is 13.2 Å². The summed E-state index contributed by atoms with van der Waals surface area (Å²) in [5.41, 5.74) is 1.19. The van der Waals surface area contributed by atoms with E-state index in [1.165, 1.54) is 5.56 Å². The number of rotatable bonds is 8. The highest BCUT2D eigenvalue weighted by Crippen LogP contribution is 2.29. The van der Waals surface area contributed by atoms with Gasteiger partial charge >= 0.3 is 0 Å². The number of piperidine rings is 1. The highest BCUT2D eigenvalue weighted by atomic mass is 32.2. The fraction of sp³-hybridized carbons (Fsp3) is 0.429. The van der Waals surface area contributed by atoms with Crippen LogP contribution in [-0.2, 0) is 14.8 Å². The number of nitrogens with one attached hydrogen (secondary N) is 1. The first-order valence-corrected chi connectivity index (χ1v) is 10.9. The fourth-order valence-corrected chi connectivity index (χ4v) is 5.03. The Hall–Kier alpha value is -1.73. The molecule has 0 amide bonds. The van der Waals surface area contributed by atoms with Crippen LogP contribution in [0.3, 0.4) is 0 Å². The van der Waals surface area contributed by atoms with Gasteiger partial charge in [-0.05, 0) is 37.1 Å². The molecule has 0 spiro atoms. The lowest BCUT2D eigenvalue weighted by Crippen LogP contribution is -2.51. The highest BCUT2D eigenvalue weighted by Gasteiger charge is 2.33. The Balaban J connectivity index is 1.78. The zero-order valence-corrected chi connectivity index (χ0v) is 16.6. The third-order valence-corrected chi connectivity index (χ3v) is 6.61. The lowest BCUT2D eigenvalue weighted by molar-refractivity contribution is 0.146. The van der Waals surface area contributed by atoms with Crippen molar-refractivity contribution in [3.05, 3.63) is 66.2 Å². The summed E-state index contributed by atoms with van der Waals surface area (Å²) in [6.45, 7) is 3.31. The molecule has 3 rings (SSSR count). The van der Waals surface area contributed by atoms with Crippen molar-refractivity contribution in [2.75, 3.05) is 33.4 Å². The van der Waals surface area contributed by atoms with Crippen molar-refractivity contribution >= 4 is 10.0 Å². The molecule has 1 saturated heterocycles. The van der Waals surface area contributed by atoms with E-state index >= 15 is 0 Å². The second-order valence-corrected chi connectivity index (χ2v) is 8.71. The summed E-state index contributed by atoms with van der Waals surface area (Å²) in [4.78, 5) is 2.64. The van der Waals surface area contributed by atoms with E-state index < -0.39 is 10.0 Å². The molecule has 0 aliphatic carbocycles. The minimum atomic E-state index is -3.55. The quantitative estimate of drug-likeness (QED) is 0.707. The maximum atomic E-state index is 12.9. The van der Waals surface area contributed by atoms with Crippen molar-refractivity contribution in [3.8, 4) is 0 Å². The second kappa shape index (κ2) is 9.46. The average molecular weight is 389 g/mol. The van der Waals surface area contributed by atoms with Crippen LogP contribution in [0.1, 0.15) is 24.3 Å². The molecule has 27 heavy (non-hydrogen) atoms. The molecule has 1 aliphatic heterocycles. The molecule has 1 N–H and O–H groups in total. The summed E-state index contributed by atoms with van der Waals surface area (Å²) in [5, 5.41) is 0. The molecular formula is C21H28N2O3S. The minimum Gasteiger partial charge on any atom is -0.385 e. The Labute approximate surface area is 162 Å². The molecule has 0 saturated carbocycles. The monoisotopic (exact) mass is 388 g/mol. The molecule has 6 heteroatoms. The van der Waals surface area contributed by atoms with Gasteiger partial charge in [-0.3, -0.25) is 0 Å². The van der Waals surface area contributed by atoms with Crippen LogP contribution in [0.15, 0.2) is 65.6 Å². The van der Waals surface area contributed by atoms with E-state index in [-0.39, 0.29) is 12.0 Å². The summed E-state index contributed by atoms with van der Waals surface area (Å²) in [6.07, 6.45) is 1.88. The molecular weight excluding hydrogens is 360 g/mol. The number of methoxy groups -OCH3 is 1. The van der Waals surface area contributed by atoms with Crippen LogP contribution in [0.4, 0.5) is 0 Å². The number of hydrogen-bond acceptors (Lipinski definition) is 4. The smallest absolute Gasteiger partial charge is 0.240 e. The van der Waals surface area contributed by atoms with Crippen LogP contribution in [0, 0.1) is 0 Å². The Morgan fingerprint density at radius 2 is 1.74 bits per heavy atom. The number of likely N-dealkylation sites (tertiary alicyclic amines) is 1. The van der Waals surface area contributed by atoms with Crippen LogP contribution in [0.5, 0.6) is 0 Å². The first-order chi connectivity index (χ1) is 13.1. The zero-order chi connectivity index (χ0) is 19.1. The summed E-state index contributed by atoms with van der Waals surface area (Å²) in [7, 11) is -1.84. The van der Waals surface area contributed by atoms with Gasteiger partial charge in [0, 0.05) is 38.8 Å². The number of nitrogens with zero attached hydrogens (tertiary/aromatic N) is 1. The van der Waals surface area contributed by atoms with Gasteiger partial charge in [0.25, 0.3) is 0 Å². The number of ether oxygens (including phenoxy) is 1. The van der Waals surface area contributed by atoms with E-state index in [9.17, 15) is 8.42 Å². The normalized spacial score (nSPS) is 21.2. The Kier molecular flexibility index (Phi) is 7.01. The van der Waals surface area contributed by atoms with E-state index in [0.29, 0.717) is 11.4 Å². The molecule has 0 radical (unpaired) electrons. The highest BCUT2D eigenvalue weighted by molar-refractivity contribution is 7.89. The summed E-state index contributed by atoms with van der Waals surface area (Å²) in [5.74, 6) is 0.170. The maximum Gasteiger partial charge on any atom is 0.240 e. The first-order valence-electron chi connectivity index (χ1n) is 9.44. The first kappa shape index (κ1) is 20.0. The fourth-order valence-electron chi connectivity index (χ4n) is 3.74. The molecule has 1 fully saturated rings. The van der Waals surface area contributed by atoms with Crippen molar-refractivity contribution in [1.82, 2.24) is 9.62 Å². The van der Waals surface area contributed by atoms with Crippen molar-refractivity contribution in [3.63, 3.8) is 0 Å². The third kappa shape index (κ3) is 5.39. The Bertz CT molecular complexity index is 797. The topological polar surface area (TPSA) is 58.6 Å². The van der Waals surface area contributed by atoms with Gasteiger partial charge in [-0.1, -0.05) is 48.5 Å². The molecule has 2 aromatic rings. The standard InChI is InChI=1S/C21H28N2O3S/c1-26-16-8-14-23-15-13-20(18-9-4-2-5-10-18)21(17-23)22-27(24,25)19-11-6-3-7-12-19/h2-7,9-12,20-22H,8,13-17H2,1H3/t20-,21-/m0/s1. The van der Waals surface area contributed by atoms with E-state index in [4.69, 9.17) is 4.74 Å². The zero-order valence-electron chi connectivity index (χ0n) is 15.8. The van der Waals surface area contributed by atoms with Crippen LogP contribution in [-0.4, -0.2) is 52.7 Å². The van der Waals surface area contributed by atoms with E-state index in [1.807, 2.05) is 24.3 Å². The number of benzene rings is 2. The molecule has 0 unspecified atom stereocenters. The maximum absolute atomic E-state index is 12.9. The SMILES string of the molecule is COCCCN1CC[C@@H](c2ccccc2)[C@@H](NS(=O)(=O)c2ccccc2)C1. The average Bonchev–Trinajstić information content (AvgIpc) is 2.69. The minimum absolute atomic E-state index is 0.158. The summed E-state index contributed by atoms with van der Waals surface area (Å²) < 4.78 is 33.9. The van der Waals surface area contributed by atoms with E-state index in [0.717, 1.165) is 32.5 Å². The van der Waals surface area contributed by atoms with Crippen molar-refractivity contribution in [2.24, 2.45) is 0 Å². The predicted molar refractivity (Wildman–Crippen MR) is 107 cm³/mol. The van der Waals surface area contributed by atoms with E-state index in [1.54, 1.807) is 31.4 Å². The molecule has 146 valence electrons. The molecule has 0 bridgehead atoms. The van der Waals surface area contributed by atoms with Crippen LogP contribution >= 0.6 is 0 Å².